The van der Waals surface area contributed by atoms with Crippen molar-refractivity contribution in [2.45, 2.75) is 69.7 Å². The highest BCUT2D eigenvalue weighted by atomic mass is 19.4. The van der Waals surface area contributed by atoms with Gasteiger partial charge in [-0.1, -0.05) is 13.8 Å². The third-order valence-corrected chi connectivity index (χ3v) is 6.47. The second kappa shape index (κ2) is 4.83. The highest BCUT2D eigenvalue weighted by Crippen LogP contribution is 2.65. The van der Waals surface area contributed by atoms with Crippen LogP contribution in [0.4, 0.5) is 13.2 Å². The van der Waals surface area contributed by atoms with Crippen LogP contribution in [0.1, 0.15) is 40.0 Å². The maximum absolute atomic E-state index is 13.7. The van der Waals surface area contributed by atoms with E-state index in [4.69, 9.17) is 24.5 Å². The van der Waals surface area contributed by atoms with Crippen molar-refractivity contribution >= 4 is 0 Å². The zero-order valence-electron chi connectivity index (χ0n) is 13.6. The SMILES string of the molecule is C[C@@H]1CC[C@H]2[C@@H](C)[C@](OO)(C(F)(F)F)O[C@@H]3O[C@@]4(C)C[C@@H]1[C@]32OO4. The highest BCUT2D eigenvalue weighted by molar-refractivity contribution is 5.13. The van der Waals surface area contributed by atoms with Gasteiger partial charge in [0.2, 0.25) is 5.79 Å². The molecule has 1 N–H and O–H groups in total. The molecule has 24 heavy (non-hydrogen) atoms. The van der Waals surface area contributed by atoms with E-state index in [0.717, 1.165) is 6.42 Å². The second-order valence-corrected chi connectivity index (χ2v) is 7.74. The largest absolute Gasteiger partial charge is 0.446 e. The summed E-state index contributed by atoms with van der Waals surface area (Å²) in [6, 6.07) is 0. The molecule has 0 aromatic heterocycles. The molecule has 5 aliphatic rings. The van der Waals surface area contributed by atoms with Crippen LogP contribution in [0.3, 0.4) is 0 Å². The van der Waals surface area contributed by atoms with Crippen LogP contribution >= 0.6 is 0 Å². The smallest absolute Gasteiger partial charge is 0.315 e. The number of halogens is 3. The molecule has 4 saturated heterocycles. The molecule has 8 atom stereocenters. The summed E-state index contributed by atoms with van der Waals surface area (Å²) >= 11 is 0. The third kappa shape index (κ3) is 1.83. The molecule has 4 heterocycles. The van der Waals surface area contributed by atoms with E-state index in [1.54, 1.807) is 6.92 Å². The summed E-state index contributed by atoms with van der Waals surface area (Å²) in [5, 5.41) is 9.15. The van der Waals surface area contributed by atoms with E-state index in [-0.39, 0.29) is 11.8 Å². The fourth-order valence-electron chi connectivity index (χ4n) is 5.21. The van der Waals surface area contributed by atoms with Gasteiger partial charge in [0.15, 0.2) is 11.9 Å². The van der Waals surface area contributed by atoms with Crippen LogP contribution in [0.5, 0.6) is 0 Å². The van der Waals surface area contributed by atoms with Gasteiger partial charge in [-0.05, 0) is 25.7 Å². The topological polar surface area (TPSA) is 66.4 Å². The lowest BCUT2D eigenvalue weighted by atomic mass is 9.55. The quantitative estimate of drug-likeness (QED) is 0.576. The minimum atomic E-state index is -4.93. The summed E-state index contributed by atoms with van der Waals surface area (Å²) in [5.41, 5.74) is -1.12. The van der Waals surface area contributed by atoms with Gasteiger partial charge in [0, 0.05) is 24.2 Å². The van der Waals surface area contributed by atoms with Gasteiger partial charge in [0.05, 0.1) is 0 Å². The van der Waals surface area contributed by atoms with E-state index in [9.17, 15) is 13.2 Å². The lowest BCUT2D eigenvalue weighted by molar-refractivity contribution is -0.643. The predicted octanol–water partition coefficient (Wildman–Crippen LogP) is 3.23. The fraction of sp³-hybridized carbons (Fsp3) is 1.00. The highest BCUT2D eigenvalue weighted by Gasteiger charge is 2.79. The average Bonchev–Trinajstić information content (AvgIpc) is 2.50. The first-order chi connectivity index (χ1) is 11.1. The Morgan fingerprint density at radius 2 is 1.79 bits per heavy atom. The summed E-state index contributed by atoms with van der Waals surface area (Å²) < 4.78 is 52.1. The monoisotopic (exact) mass is 354 g/mol. The zero-order chi connectivity index (χ0) is 17.5. The van der Waals surface area contributed by atoms with Gasteiger partial charge in [-0.15, -0.1) is 0 Å². The summed E-state index contributed by atoms with van der Waals surface area (Å²) in [4.78, 5) is 15.0. The Morgan fingerprint density at radius 3 is 2.42 bits per heavy atom. The van der Waals surface area contributed by atoms with E-state index >= 15 is 0 Å². The van der Waals surface area contributed by atoms with Gasteiger partial charge in [-0.3, -0.25) is 0 Å². The molecule has 5 fully saturated rings. The van der Waals surface area contributed by atoms with E-state index in [1.807, 2.05) is 0 Å². The first-order valence-corrected chi connectivity index (χ1v) is 8.21. The Balaban J connectivity index is 1.83. The molecule has 1 spiro atoms. The van der Waals surface area contributed by atoms with Crippen molar-refractivity contribution in [3.8, 4) is 0 Å². The van der Waals surface area contributed by atoms with E-state index in [1.165, 1.54) is 6.92 Å². The van der Waals surface area contributed by atoms with Gasteiger partial charge in [0.1, 0.15) is 0 Å². The molecular formula is C15H21F3O6. The minimum absolute atomic E-state index is 0.0545. The first kappa shape index (κ1) is 17.0. The summed E-state index contributed by atoms with van der Waals surface area (Å²) in [7, 11) is 0. The van der Waals surface area contributed by atoms with E-state index in [2.05, 4.69) is 11.8 Å². The Bertz CT molecular complexity index is 544. The van der Waals surface area contributed by atoms with Crippen LogP contribution in [0.15, 0.2) is 0 Å². The molecule has 4 aliphatic heterocycles. The van der Waals surface area contributed by atoms with Crippen LogP contribution in [0.2, 0.25) is 0 Å². The Hall–Kier alpha value is -0.450. The standard InChI is InChI=1S/C15H21F3O6/c1-7-4-5-9-8(2)14(22-19,15(16,17)18)21-11-13(9)10(7)6-12(3,20-11)23-24-13/h7-11,19H,4-6H2,1-3H3/t7-,8-,9+,10+,11+,12-,13+,14+/m1/s1. The van der Waals surface area contributed by atoms with E-state index in [0.29, 0.717) is 12.8 Å². The molecule has 1 saturated carbocycles. The molecular weight excluding hydrogens is 333 g/mol. The maximum atomic E-state index is 13.7. The molecule has 0 amide bonds. The number of ether oxygens (including phenoxy) is 2. The van der Waals surface area contributed by atoms with Crippen molar-refractivity contribution < 1.29 is 42.6 Å². The lowest BCUT2D eigenvalue weighted by Crippen LogP contribution is -2.80. The van der Waals surface area contributed by atoms with Crippen LogP contribution < -0.4 is 0 Å². The number of rotatable bonds is 1. The Kier molecular flexibility index (Phi) is 3.42. The third-order valence-electron chi connectivity index (χ3n) is 6.47. The van der Waals surface area contributed by atoms with Gasteiger partial charge < -0.3 is 9.47 Å². The number of hydrogen-bond donors (Lipinski definition) is 1. The van der Waals surface area contributed by atoms with Crippen LogP contribution in [-0.2, 0) is 24.1 Å². The van der Waals surface area contributed by atoms with Gasteiger partial charge in [-0.2, -0.15) is 18.1 Å². The van der Waals surface area contributed by atoms with Crippen LogP contribution in [0.25, 0.3) is 0 Å². The van der Waals surface area contributed by atoms with Crippen molar-refractivity contribution in [2.24, 2.45) is 23.7 Å². The van der Waals surface area contributed by atoms with E-state index < -0.39 is 41.5 Å². The number of hydrogen-bond acceptors (Lipinski definition) is 6. The maximum Gasteiger partial charge on any atom is 0.446 e. The van der Waals surface area contributed by atoms with Crippen LogP contribution in [-0.4, -0.2) is 34.9 Å². The molecule has 138 valence electrons. The molecule has 0 unspecified atom stereocenters. The van der Waals surface area contributed by atoms with Crippen molar-refractivity contribution in [1.29, 1.82) is 0 Å². The van der Waals surface area contributed by atoms with Gasteiger partial charge >= 0.3 is 12.0 Å². The Labute approximate surface area is 137 Å². The molecule has 9 heteroatoms. The van der Waals surface area contributed by atoms with Crippen molar-refractivity contribution in [3.05, 3.63) is 0 Å². The normalized spacial score (nSPS) is 56.9. The first-order valence-electron chi connectivity index (χ1n) is 8.21. The number of alkyl halides is 3. The second-order valence-electron chi connectivity index (χ2n) is 7.74. The molecule has 5 rings (SSSR count). The van der Waals surface area contributed by atoms with Crippen molar-refractivity contribution in [3.63, 3.8) is 0 Å². The zero-order valence-corrected chi connectivity index (χ0v) is 13.6. The van der Waals surface area contributed by atoms with Crippen molar-refractivity contribution in [1.82, 2.24) is 0 Å². The number of fused-ring (bicyclic) bond motifs is 1. The minimum Gasteiger partial charge on any atom is -0.315 e. The molecule has 0 aromatic rings. The average molecular weight is 354 g/mol. The predicted molar refractivity (Wildman–Crippen MR) is 70.9 cm³/mol. The van der Waals surface area contributed by atoms with Gasteiger partial charge in [0.25, 0.3) is 0 Å². The summed E-state index contributed by atoms with van der Waals surface area (Å²) in [5.74, 6) is -5.92. The fourth-order valence-corrected chi connectivity index (χ4v) is 5.21. The molecule has 0 aromatic carbocycles. The Morgan fingerprint density at radius 1 is 1.08 bits per heavy atom. The molecule has 2 bridgehead atoms. The summed E-state index contributed by atoms with van der Waals surface area (Å²) in [6.45, 7) is 5.03. The molecule has 0 radical (unpaired) electrons. The van der Waals surface area contributed by atoms with Gasteiger partial charge in [-0.25, -0.2) is 15.0 Å². The molecule has 1 aliphatic carbocycles. The molecule has 6 nitrogen and oxygen atoms in total. The lowest BCUT2D eigenvalue weighted by Gasteiger charge is -2.67. The van der Waals surface area contributed by atoms with Crippen LogP contribution in [0, 0.1) is 23.7 Å². The summed E-state index contributed by atoms with van der Waals surface area (Å²) in [6.07, 6.45) is -4.50. The van der Waals surface area contributed by atoms with Crippen molar-refractivity contribution in [2.75, 3.05) is 0 Å².